The van der Waals surface area contributed by atoms with Crippen molar-refractivity contribution in [2.24, 2.45) is 0 Å². The van der Waals surface area contributed by atoms with Crippen LogP contribution in [0.25, 0.3) is 0 Å². The maximum atomic E-state index is 13.2. The second-order valence-electron chi connectivity index (χ2n) is 11.1. The van der Waals surface area contributed by atoms with Crippen molar-refractivity contribution in [3.63, 3.8) is 0 Å². The number of carbonyl (C=O) groups excluding carboxylic acids is 2. The first-order valence-electron chi connectivity index (χ1n) is 13.4. The molecule has 0 bridgehead atoms. The van der Waals surface area contributed by atoms with Crippen molar-refractivity contribution in [3.8, 4) is 11.5 Å². The lowest BCUT2D eigenvalue weighted by Crippen LogP contribution is -2.30. The minimum absolute atomic E-state index is 0.00376. The fraction of sp³-hybridized carbons (Fsp3) is 0.367. The number of ketones is 1. The number of fused-ring (bicyclic) bond motifs is 1. The summed E-state index contributed by atoms with van der Waals surface area (Å²) >= 11 is 6.13. The van der Waals surface area contributed by atoms with E-state index in [0.717, 1.165) is 12.0 Å². The van der Waals surface area contributed by atoms with E-state index in [4.69, 9.17) is 26.4 Å². The molecule has 0 radical (unpaired) electrons. The van der Waals surface area contributed by atoms with Crippen LogP contribution in [0.4, 0.5) is 8.78 Å². The number of esters is 1. The molecule has 0 saturated heterocycles. The number of alkyl halides is 2. The molecule has 1 aromatic heterocycles. The van der Waals surface area contributed by atoms with Crippen molar-refractivity contribution in [1.82, 2.24) is 4.98 Å². The highest BCUT2D eigenvalue weighted by molar-refractivity contribution is 6.58. The van der Waals surface area contributed by atoms with Gasteiger partial charge in [0.15, 0.2) is 11.5 Å². The molecule has 1 aliphatic carbocycles. The van der Waals surface area contributed by atoms with Crippen LogP contribution in [0.2, 0.25) is 5.15 Å². The van der Waals surface area contributed by atoms with Gasteiger partial charge in [-0.15, -0.1) is 8.78 Å². The lowest BCUT2D eigenvalue weighted by Gasteiger charge is -2.19. The van der Waals surface area contributed by atoms with E-state index in [2.05, 4.69) is 14.5 Å². The quantitative estimate of drug-likeness (QED) is 0.226. The molecule has 2 aliphatic rings. The average molecular weight is 602 g/mol. The monoisotopic (exact) mass is 601 g/mol. The number of benzene rings is 2. The summed E-state index contributed by atoms with van der Waals surface area (Å²) in [7, 11) is -1.52. The van der Waals surface area contributed by atoms with Crippen molar-refractivity contribution >= 4 is 35.9 Å². The molecule has 8 nitrogen and oxygen atoms in total. The van der Waals surface area contributed by atoms with E-state index in [1.807, 2.05) is 13.0 Å². The van der Waals surface area contributed by atoms with Crippen LogP contribution >= 0.6 is 11.6 Å². The van der Waals surface area contributed by atoms with Crippen LogP contribution < -0.4 is 14.9 Å². The third kappa shape index (κ3) is 7.45. The van der Waals surface area contributed by atoms with Crippen LogP contribution in [0.5, 0.6) is 11.5 Å². The van der Waals surface area contributed by atoms with E-state index >= 15 is 0 Å². The SMILES string of the molecule is CC(C)(C)OC(=O)c1ccc(B(O)O)cc1.CCc1ccc(CC(=O)C2(c3ccc4c(c3)OC(F)(F)O4)CC2)nc1Cl. The molecule has 0 spiro atoms. The van der Waals surface area contributed by atoms with Gasteiger partial charge in [-0.05, 0) is 87.0 Å². The number of hydrogen-bond donors (Lipinski definition) is 2. The Balaban J connectivity index is 0.000000219. The van der Waals surface area contributed by atoms with Crippen molar-refractivity contribution in [3.05, 3.63) is 82.1 Å². The highest BCUT2D eigenvalue weighted by atomic mass is 35.5. The second kappa shape index (κ2) is 12.0. The number of carbonyl (C=O) groups is 2. The van der Waals surface area contributed by atoms with Crippen molar-refractivity contribution < 1.29 is 42.6 Å². The number of ether oxygens (including phenoxy) is 3. The Morgan fingerprint density at radius 3 is 2.21 bits per heavy atom. The molecule has 2 N–H and O–H groups in total. The van der Waals surface area contributed by atoms with Gasteiger partial charge in [-0.25, -0.2) is 9.78 Å². The average Bonchev–Trinajstić information content (AvgIpc) is 3.65. The molecule has 3 aromatic rings. The third-order valence-corrected chi connectivity index (χ3v) is 7.11. The fourth-order valence-corrected chi connectivity index (χ4v) is 4.73. The summed E-state index contributed by atoms with van der Waals surface area (Å²) in [6.07, 6.45) is -1.41. The number of aryl methyl sites for hydroxylation is 1. The zero-order chi connectivity index (χ0) is 30.9. The number of nitrogens with zero attached hydrogens (tertiary/aromatic N) is 1. The van der Waals surface area contributed by atoms with E-state index in [1.165, 1.54) is 36.4 Å². The van der Waals surface area contributed by atoms with Crippen LogP contribution in [-0.2, 0) is 27.8 Å². The minimum atomic E-state index is -3.66. The first kappa shape index (κ1) is 31.4. The van der Waals surface area contributed by atoms with E-state index < -0.39 is 30.4 Å². The van der Waals surface area contributed by atoms with Gasteiger partial charge in [0.1, 0.15) is 16.5 Å². The summed E-state index contributed by atoms with van der Waals surface area (Å²) in [5, 5.41) is 18.2. The normalized spacial score (nSPS) is 15.7. The molecule has 0 amide bonds. The number of halogens is 3. The number of rotatable bonds is 7. The van der Waals surface area contributed by atoms with Gasteiger partial charge >= 0.3 is 19.4 Å². The first-order chi connectivity index (χ1) is 19.6. The molecular formula is C30H31BClF2NO7. The summed E-state index contributed by atoms with van der Waals surface area (Å²) in [6.45, 7) is 7.35. The number of Topliss-reactive ketones (excluding diaryl/α,β-unsaturated/α-hetero) is 1. The van der Waals surface area contributed by atoms with Gasteiger partial charge < -0.3 is 24.3 Å². The molecular weight excluding hydrogens is 571 g/mol. The molecule has 0 unspecified atom stereocenters. The third-order valence-electron chi connectivity index (χ3n) is 6.79. The van der Waals surface area contributed by atoms with Gasteiger partial charge in [0.2, 0.25) is 0 Å². The topological polar surface area (TPSA) is 115 Å². The summed E-state index contributed by atoms with van der Waals surface area (Å²) in [5.41, 5.74) is 1.72. The Kier molecular flexibility index (Phi) is 8.96. The largest absolute Gasteiger partial charge is 0.586 e. The highest BCUT2D eigenvalue weighted by Crippen LogP contribution is 2.52. The predicted molar refractivity (Wildman–Crippen MR) is 152 cm³/mol. The van der Waals surface area contributed by atoms with Gasteiger partial charge in [-0.2, -0.15) is 0 Å². The maximum Gasteiger partial charge on any atom is 0.586 e. The van der Waals surface area contributed by atoms with Gasteiger partial charge in [0, 0.05) is 12.1 Å². The van der Waals surface area contributed by atoms with E-state index in [-0.39, 0.29) is 23.7 Å². The van der Waals surface area contributed by atoms with Crippen molar-refractivity contribution in [2.45, 2.75) is 70.7 Å². The number of pyridine rings is 1. The molecule has 222 valence electrons. The zero-order valence-electron chi connectivity index (χ0n) is 23.6. The van der Waals surface area contributed by atoms with Crippen LogP contribution in [0.3, 0.4) is 0 Å². The second-order valence-corrected chi connectivity index (χ2v) is 11.5. The zero-order valence-corrected chi connectivity index (χ0v) is 24.4. The smallest absolute Gasteiger partial charge is 0.456 e. The van der Waals surface area contributed by atoms with Crippen LogP contribution in [0.15, 0.2) is 54.6 Å². The lowest BCUT2D eigenvalue weighted by atomic mass is 9.80. The lowest BCUT2D eigenvalue weighted by molar-refractivity contribution is -0.286. The van der Waals surface area contributed by atoms with E-state index in [9.17, 15) is 18.4 Å². The molecule has 2 heterocycles. The van der Waals surface area contributed by atoms with Crippen LogP contribution in [0.1, 0.15) is 67.7 Å². The van der Waals surface area contributed by atoms with Gasteiger partial charge in [-0.3, -0.25) is 4.79 Å². The van der Waals surface area contributed by atoms with Gasteiger partial charge in [0.25, 0.3) is 0 Å². The summed E-state index contributed by atoms with van der Waals surface area (Å²) < 4.78 is 40.5. The van der Waals surface area contributed by atoms with Crippen LogP contribution in [-0.4, -0.2) is 45.8 Å². The summed E-state index contributed by atoms with van der Waals surface area (Å²) in [4.78, 5) is 28.8. The Hall–Kier alpha value is -3.54. The maximum absolute atomic E-state index is 13.2. The highest BCUT2D eigenvalue weighted by Gasteiger charge is 2.52. The molecule has 1 aliphatic heterocycles. The Morgan fingerprint density at radius 1 is 1.02 bits per heavy atom. The minimum Gasteiger partial charge on any atom is -0.456 e. The molecule has 42 heavy (non-hydrogen) atoms. The Bertz CT molecular complexity index is 1470. The molecule has 0 atom stereocenters. The molecule has 1 saturated carbocycles. The van der Waals surface area contributed by atoms with Crippen molar-refractivity contribution in [2.75, 3.05) is 0 Å². The Morgan fingerprint density at radius 2 is 1.67 bits per heavy atom. The molecule has 5 rings (SSSR count). The standard InChI is InChI=1S/C19H16ClF2NO3.C11H15BO4/c1-2-11-3-5-13(23-17(11)20)10-16(24)18(7-8-18)12-4-6-14-15(9-12)26-19(21,22)25-14;1-11(2,3)16-10(13)8-4-6-9(7-5-8)12(14)15/h3-6,9H,2,7-8,10H2,1H3;4-7,14-15H,1-3H3. The predicted octanol–water partition coefficient (Wildman–Crippen LogP) is 4.78. The molecule has 12 heteroatoms. The van der Waals surface area contributed by atoms with Gasteiger partial charge in [0.05, 0.1) is 11.0 Å². The van der Waals surface area contributed by atoms with E-state index in [0.29, 0.717) is 40.3 Å². The summed E-state index contributed by atoms with van der Waals surface area (Å²) in [6, 6.07) is 14.2. The molecule has 1 fully saturated rings. The Labute approximate surface area is 247 Å². The van der Waals surface area contributed by atoms with Crippen LogP contribution in [0, 0.1) is 0 Å². The first-order valence-corrected chi connectivity index (χ1v) is 13.8. The van der Waals surface area contributed by atoms with E-state index in [1.54, 1.807) is 32.9 Å². The fourth-order valence-electron chi connectivity index (χ4n) is 4.43. The molecule has 2 aromatic carbocycles. The number of hydrogen-bond acceptors (Lipinski definition) is 8. The number of aromatic nitrogens is 1. The summed E-state index contributed by atoms with van der Waals surface area (Å²) in [5.74, 6) is -0.493. The van der Waals surface area contributed by atoms with Crippen molar-refractivity contribution in [1.29, 1.82) is 0 Å². The van der Waals surface area contributed by atoms with Gasteiger partial charge in [-0.1, -0.05) is 42.8 Å².